The Morgan fingerprint density at radius 1 is 1.22 bits per heavy atom. The van der Waals surface area contributed by atoms with Crippen LogP contribution in [-0.2, 0) is 9.84 Å². The molecule has 6 heteroatoms. The molecule has 0 bridgehead atoms. The van der Waals surface area contributed by atoms with Gasteiger partial charge in [-0.2, -0.15) is 0 Å². The van der Waals surface area contributed by atoms with Gasteiger partial charge in [-0.05, 0) is 43.7 Å². The van der Waals surface area contributed by atoms with Crippen LogP contribution in [0.4, 0.5) is 10.1 Å². The van der Waals surface area contributed by atoms with Gasteiger partial charge in [-0.3, -0.25) is 0 Å². The molecule has 0 aromatic heterocycles. The summed E-state index contributed by atoms with van der Waals surface area (Å²) in [5.41, 5.74) is 1.51. The zero-order chi connectivity index (χ0) is 17.0. The number of anilines is 1. The maximum absolute atomic E-state index is 14.0. The molecule has 1 N–H and O–H groups in total. The minimum Gasteiger partial charge on any atom is -0.494 e. The van der Waals surface area contributed by atoms with Gasteiger partial charge in [-0.1, -0.05) is 12.1 Å². The highest BCUT2D eigenvalue weighted by molar-refractivity contribution is 7.90. The van der Waals surface area contributed by atoms with Gasteiger partial charge in [0, 0.05) is 24.1 Å². The summed E-state index contributed by atoms with van der Waals surface area (Å²) in [6.07, 6.45) is 0.992. The maximum Gasteiger partial charge on any atom is 0.178 e. The fourth-order valence-corrected chi connectivity index (χ4v) is 2.99. The van der Waals surface area contributed by atoms with Gasteiger partial charge in [0.15, 0.2) is 9.84 Å². The van der Waals surface area contributed by atoms with E-state index in [2.05, 4.69) is 5.32 Å². The van der Waals surface area contributed by atoms with E-state index in [9.17, 15) is 12.8 Å². The predicted octanol–water partition coefficient (Wildman–Crippen LogP) is 3.80. The van der Waals surface area contributed by atoms with Gasteiger partial charge in [0.25, 0.3) is 0 Å². The normalized spacial score (nSPS) is 12.7. The molecule has 2 aromatic carbocycles. The minimum atomic E-state index is -3.56. The Bertz CT molecular complexity index is 790. The Labute approximate surface area is 136 Å². The highest BCUT2D eigenvalue weighted by Crippen LogP contribution is 2.25. The lowest BCUT2D eigenvalue weighted by Gasteiger charge is -2.17. The van der Waals surface area contributed by atoms with E-state index >= 15 is 0 Å². The van der Waals surface area contributed by atoms with Crippen LogP contribution in [0.1, 0.15) is 25.5 Å². The van der Waals surface area contributed by atoms with Gasteiger partial charge in [-0.25, -0.2) is 12.8 Å². The van der Waals surface area contributed by atoms with Gasteiger partial charge in [-0.15, -0.1) is 0 Å². The molecule has 0 saturated heterocycles. The molecule has 124 valence electrons. The lowest BCUT2D eigenvalue weighted by Crippen LogP contribution is -2.09. The number of rotatable bonds is 6. The van der Waals surface area contributed by atoms with Gasteiger partial charge in [0.2, 0.25) is 0 Å². The first kappa shape index (κ1) is 17.3. The van der Waals surface area contributed by atoms with E-state index in [-0.39, 0.29) is 10.9 Å². The van der Waals surface area contributed by atoms with Crippen molar-refractivity contribution in [1.82, 2.24) is 0 Å². The van der Waals surface area contributed by atoms with E-state index in [0.717, 1.165) is 17.7 Å². The van der Waals surface area contributed by atoms with Crippen molar-refractivity contribution in [2.75, 3.05) is 18.2 Å². The molecular formula is C17H20FNO3S. The highest BCUT2D eigenvalue weighted by Gasteiger charge is 2.16. The van der Waals surface area contributed by atoms with E-state index in [1.165, 1.54) is 12.1 Å². The molecule has 2 rings (SSSR count). The highest BCUT2D eigenvalue weighted by atomic mass is 32.2. The summed E-state index contributed by atoms with van der Waals surface area (Å²) in [4.78, 5) is -0.285. The van der Waals surface area contributed by atoms with Crippen molar-refractivity contribution in [3.05, 3.63) is 53.8 Å². The van der Waals surface area contributed by atoms with Crippen LogP contribution in [0.25, 0.3) is 0 Å². The smallest absolute Gasteiger partial charge is 0.178 e. The largest absolute Gasteiger partial charge is 0.494 e. The van der Waals surface area contributed by atoms with Gasteiger partial charge in [0.05, 0.1) is 6.61 Å². The average molecular weight is 337 g/mol. The molecule has 2 aromatic rings. The van der Waals surface area contributed by atoms with Crippen LogP contribution in [0.5, 0.6) is 5.75 Å². The number of sulfone groups is 1. The molecule has 0 saturated carbocycles. The zero-order valence-electron chi connectivity index (χ0n) is 13.3. The zero-order valence-corrected chi connectivity index (χ0v) is 14.2. The maximum atomic E-state index is 14.0. The van der Waals surface area contributed by atoms with Crippen molar-refractivity contribution in [1.29, 1.82) is 0 Å². The molecule has 0 radical (unpaired) electrons. The summed E-state index contributed by atoms with van der Waals surface area (Å²) in [5.74, 6) is 0.0185. The SMILES string of the molecule is CCOc1cccc(N[C@H](C)c2ccc(S(C)(=O)=O)c(F)c2)c1. The van der Waals surface area contributed by atoms with E-state index in [4.69, 9.17) is 4.74 Å². The van der Waals surface area contributed by atoms with Crippen LogP contribution >= 0.6 is 0 Å². The first-order chi connectivity index (χ1) is 10.8. The summed E-state index contributed by atoms with van der Waals surface area (Å²) in [7, 11) is -3.56. The molecule has 0 heterocycles. The third kappa shape index (κ3) is 4.45. The molecule has 0 unspecified atom stereocenters. The fourth-order valence-electron chi connectivity index (χ4n) is 2.26. The number of benzene rings is 2. The second kappa shape index (κ2) is 7.00. The lowest BCUT2D eigenvalue weighted by molar-refractivity contribution is 0.340. The van der Waals surface area contributed by atoms with Crippen molar-refractivity contribution in [3.63, 3.8) is 0 Å². The first-order valence-electron chi connectivity index (χ1n) is 7.30. The van der Waals surface area contributed by atoms with Crippen molar-refractivity contribution in [3.8, 4) is 5.75 Å². The predicted molar refractivity (Wildman–Crippen MR) is 89.2 cm³/mol. The first-order valence-corrected chi connectivity index (χ1v) is 9.19. The van der Waals surface area contributed by atoms with Crippen LogP contribution < -0.4 is 10.1 Å². The van der Waals surface area contributed by atoms with Crippen molar-refractivity contribution in [2.45, 2.75) is 24.8 Å². The number of nitrogens with one attached hydrogen (secondary N) is 1. The third-order valence-electron chi connectivity index (χ3n) is 3.38. The molecule has 0 aliphatic carbocycles. The topological polar surface area (TPSA) is 55.4 Å². The van der Waals surface area contributed by atoms with Crippen LogP contribution in [-0.4, -0.2) is 21.3 Å². The molecule has 0 amide bonds. The number of hydrogen-bond acceptors (Lipinski definition) is 4. The second-order valence-electron chi connectivity index (χ2n) is 5.29. The minimum absolute atomic E-state index is 0.185. The van der Waals surface area contributed by atoms with Gasteiger partial charge < -0.3 is 10.1 Å². The third-order valence-corrected chi connectivity index (χ3v) is 4.51. The van der Waals surface area contributed by atoms with Crippen LogP contribution in [0, 0.1) is 5.82 Å². The van der Waals surface area contributed by atoms with Crippen LogP contribution in [0.15, 0.2) is 47.4 Å². The summed E-state index contributed by atoms with van der Waals surface area (Å²) in [6, 6.07) is 11.5. The molecule has 23 heavy (non-hydrogen) atoms. The monoisotopic (exact) mass is 337 g/mol. The van der Waals surface area contributed by atoms with Crippen molar-refractivity contribution < 1.29 is 17.5 Å². The average Bonchev–Trinajstić information content (AvgIpc) is 2.46. The fraction of sp³-hybridized carbons (Fsp3) is 0.294. The van der Waals surface area contributed by atoms with Crippen LogP contribution in [0.2, 0.25) is 0 Å². The van der Waals surface area contributed by atoms with Crippen molar-refractivity contribution >= 4 is 15.5 Å². The molecule has 0 spiro atoms. The Morgan fingerprint density at radius 2 is 1.96 bits per heavy atom. The summed E-state index contributed by atoms with van der Waals surface area (Å²) in [6.45, 7) is 4.37. The van der Waals surface area contributed by atoms with Gasteiger partial charge in [0.1, 0.15) is 16.5 Å². The van der Waals surface area contributed by atoms with Gasteiger partial charge >= 0.3 is 0 Å². The lowest BCUT2D eigenvalue weighted by atomic mass is 10.1. The van der Waals surface area contributed by atoms with E-state index in [1.807, 2.05) is 38.1 Å². The second-order valence-corrected chi connectivity index (χ2v) is 7.27. The standard InChI is InChI=1S/C17H20FNO3S/c1-4-22-15-7-5-6-14(11-15)19-12(2)13-8-9-17(16(18)10-13)23(3,20)21/h5-12,19H,4H2,1-3H3/t12-/m1/s1. The summed E-state index contributed by atoms with van der Waals surface area (Å²) >= 11 is 0. The molecule has 0 aliphatic heterocycles. The summed E-state index contributed by atoms with van der Waals surface area (Å²) in [5, 5.41) is 3.25. The molecular weight excluding hydrogens is 317 g/mol. The number of hydrogen-bond donors (Lipinski definition) is 1. The number of ether oxygens (including phenoxy) is 1. The number of halogens is 1. The summed E-state index contributed by atoms with van der Waals surface area (Å²) < 4.78 is 42.3. The van der Waals surface area contributed by atoms with E-state index < -0.39 is 15.7 Å². The molecule has 1 atom stereocenters. The van der Waals surface area contributed by atoms with Crippen molar-refractivity contribution in [2.24, 2.45) is 0 Å². The molecule has 4 nitrogen and oxygen atoms in total. The molecule has 0 aliphatic rings. The van der Waals surface area contributed by atoms with E-state index in [1.54, 1.807) is 6.07 Å². The van der Waals surface area contributed by atoms with Crippen LogP contribution in [0.3, 0.4) is 0 Å². The Balaban J connectivity index is 2.19. The Morgan fingerprint density at radius 3 is 2.57 bits per heavy atom. The Kier molecular flexibility index (Phi) is 5.26. The molecule has 0 fully saturated rings. The quantitative estimate of drug-likeness (QED) is 0.871. The Hall–Kier alpha value is -2.08. The van der Waals surface area contributed by atoms with E-state index in [0.29, 0.717) is 12.2 Å².